The van der Waals surface area contributed by atoms with E-state index in [1.807, 2.05) is 67.6 Å². The van der Waals surface area contributed by atoms with Gasteiger partial charge in [0, 0.05) is 36.7 Å². The molecular weight excluding hydrogens is 544 g/mol. The summed E-state index contributed by atoms with van der Waals surface area (Å²) in [5.74, 6) is 2.57. The first-order valence-corrected chi connectivity index (χ1v) is 14.4. The number of carboxylic acids is 1. The van der Waals surface area contributed by atoms with Crippen LogP contribution in [-0.4, -0.2) is 41.5 Å². The molecule has 0 bridgehead atoms. The van der Waals surface area contributed by atoms with Crippen LogP contribution in [0.15, 0.2) is 95.5 Å². The van der Waals surface area contributed by atoms with Gasteiger partial charge in [0.2, 0.25) is 5.78 Å². The number of Topliss-reactive ketones (excluding diaryl/α,β-unsaturated/α-hetero) is 1. The van der Waals surface area contributed by atoms with Crippen LogP contribution in [0.2, 0.25) is 0 Å². The zero-order valence-electron chi connectivity index (χ0n) is 23.9. The molecule has 2 aromatic heterocycles. The van der Waals surface area contributed by atoms with Gasteiger partial charge < -0.3 is 23.9 Å². The van der Waals surface area contributed by atoms with Gasteiger partial charge in [0.25, 0.3) is 0 Å². The first-order valence-electron chi connectivity index (χ1n) is 14.4. The predicted molar refractivity (Wildman–Crippen MR) is 164 cm³/mol. The molecule has 0 saturated carbocycles. The van der Waals surface area contributed by atoms with Crippen molar-refractivity contribution in [3.63, 3.8) is 0 Å². The molecule has 43 heavy (non-hydrogen) atoms. The lowest BCUT2D eigenvalue weighted by molar-refractivity contribution is 0.0696. The van der Waals surface area contributed by atoms with Gasteiger partial charge in [-0.15, -0.1) is 0 Å². The zero-order chi connectivity index (χ0) is 29.8. The van der Waals surface area contributed by atoms with Crippen LogP contribution in [0.4, 0.5) is 5.82 Å². The molecule has 3 heterocycles. The number of fused-ring (bicyclic) bond motifs is 1. The molecule has 0 aliphatic carbocycles. The third kappa shape index (κ3) is 6.54. The van der Waals surface area contributed by atoms with E-state index >= 15 is 0 Å². The smallest absolute Gasteiger partial charge is 0.335 e. The van der Waals surface area contributed by atoms with Gasteiger partial charge in [0.15, 0.2) is 5.76 Å². The Morgan fingerprint density at radius 1 is 0.930 bits per heavy atom. The Bertz CT molecular complexity index is 1740. The molecule has 0 amide bonds. The Morgan fingerprint density at radius 2 is 1.72 bits per heavy atom. The van der Waals surface area contributed by atoms with Crippen molar-refractivity contribution in [2.24, 2.45) is 5.92 Å². The van der Waals surface area contributed by atoms with Crippen molar-refractivity contribution in [1.29, 1.82) is 0 Å². The Balaban J connectivity index is 1.03. The number of aromatic carboxylic acids is 1. The molecule has 1 saturated heterocycles. The highest BCUT2D eigenvalue weighted by molar-refractivity contribution is 6.01. The molecule has 6 rings (SSSR count). The third-order valence-corrected chi connectivity index (χ3v) is 7.82. The van der Waals surface area contributed by atoms with Crippen molar-refractivity contribution in [2.45, 2.75) is 26.2 Å². The highest BCUT2D eigenvalue weighted by Gasteiger charge is 2.22. The van der Waals surface area contributed by atoms with Gasteiger partial charge in [-0.1, -0.05) is 30.3 Å². The van der Waals surface area contributed by atoms with Gasteiger partial charge in [-0.2, -0.15) is 0 Å². The molecule has 1 aliphatic rings. The number of ether oxygens (including phenoxy) is 2. The first kappa shape index (κ1) is 28.0. The lowest BCUT2D eigenvalue weighted by atomic mass is 9.97. The fourth-order valence-electron chi connectivity index (χ4n) is 5.39. The van der Waals surface area contributed by atoms with Gasteiger partial charge in [-0.25, -0.2) is 9.78 Å². The summed E-state index contributed by atoms with van der Waals surface area (Å²) in [6.07, 6.45) is 3.86. The summed E-state index contributed by atoms with van der Waals surface area (Å²) < 4.78 is 17.8. The largest absolute Gasteiger partial charge is 0.493 e. The molecule has 3 aromatic carbocycles. The van der Waals surface area contributed by atoms with E-state index in [-0.39, 0.29) is 17.8 Å². The van der Waals surface area contributed by atoms with Crippen molar-refractivity contribution < 1.29 is 28.6 Å². The standard InChI is InChI=1S/C35H32N2O6/c1-23-30-20-29(42-27-7-3-2-4-8-27)11-12-32(30)43-34(23)31(38)18-25-10-13-33(36-21-25)37-16-14-24(15-17-37)22-41-28-9-5-6-26(19-28)35(39)40/h2-13,19-21,24H,14-18,22H2,1H3,(H,39,40). The van der Waals surface area contributed by atoms with E-state index in [0.717, 1.165) is 54.0 Å². The van der Waals surface area contributed by atoms with Crippen LogP contribution >= 0.6 is 0 Å². The number of rotatable bonds is 10. The van der Waals surface area contributed by atoms with Crippen LogP contribution in [0.1, 0.15) is 44.9 Å². The number of furan rings is 1. The number of carbonyl (C=O) groups is 2. The second-order valence-corrected chi connectivity index (χ2v) is 10.8. The van der Waals surface area contributed by atoms with E-state index in [0.29, 0.717) is 35.4 Å². The molecule has 0 radical (unpaired) electrons. The number of carbonyl (C=O) groups excluding carboxylic acids is 1. The van der Waals surface area contributed by atoms with Gasteiger partial charge in [0.1, 0.15) is 28.6 Å². The van der Waals surface area contributed by atoms with Crippen LogP contribution < -0.4 is 14.4 Å². The number of aryl methyl sites for hydroxylation is 1. The molecule has 8 nitrogen and oxygen atoms in total. The van der Waals surface area contributed by atoms with Gasteiger partial charge in [-0.05, 0) is 85.8 Å². The van der Waals surface area contributed by atoms with Gasteiger partial charge in [-0.3, -0.25) is 4.79 Å². The van der Waals surface area contributed by atoms with E-state index in [9.17, 15) is 9.59 Å². The monoisotopic (exact) mass is 576 g/mol. The number of para-hydroxylation sites is 1. The Labute approximate surface area is 249 Å². The van der Waals surface area contributed by atoms with Crippen LogP contribution in [0.3, 0.4) is 0 Å². The number of hydrogen-bond donors (Lipinski definition) is 1. The molecule has 0 spiro atoms. The predicted octanol–water partition coefficient (Wildman–Crippen LogP) is 7.35. The third-order valence-electron chi connectivity index (χ3n) is 7.82. The summed E-state index contributed by atoms with van der Waals surface area (Å²) in [7, 11) is 0. The summed E-state index contributed by atoms with van der Waals surface area (Å²) in [6, 6.07) is 25.6. The molecule has 1 N–H and O–H groups in total. The number of piperidine rings is 1. The molecule has 5 aromatic rings. The quantitative estimate of drug-likeness (QED) is 0.172. The summed E-state index contributed by atoms with van der Waals surface area (Å²) in [5, 5.41) is 10.0. The lowest BCUT2D eigenvalue weighted by Crippen LogP contribution is -2.36. The average molecular weight is 577 g/mol. The van der Waals surface area contributed by atoms with E-state index in [2.05, 4.69) is 9.88 Å². The highest BCUT2D eigenvalue weighted by atomic mass is 16.5. The number of pyridine rings is 1. The first-order chi connectivity index (χ1) is 20.9. The summed E-state index contributed by atoms with van der Waals surface area (Å²) in [4.78, 5) is 31.3. The maximum absolute atomic E-state index is 13.2. The maximum Gasteiger partial charge on any atom is 0.335 e. The van der Waals surface area contributed by atoms with E-state index in [1.165, 1.54) is 0 Å². The normalized spacial score (nSPS) is 13.7. The summed E-state index contributed by atoms with van der Waals surface area (Å²) in [6.45, 7) is 4.15. The van der Waals surface area contributed by atoms with Crippen LogP contribution in [0.5, 0.6) is 17.2 Å². The van der Waals surface area contributed by atoms with E-state index in [4.69, 9.17) is 19.0 Å². The Kier molecular flexibility index (Phi) is 8.09. The molecule has 8 heteroatoms. The number of aromatic nitrogens is 1. The van der Waals surface area contributed by atoms with Crippen molar-refractivity contribution in [2.75, 3.05) is 24.6 Å². The molecule has 0 atom stereocenters. The number of anilines is 1. The average Bonchev–Trinajstić information content (AvgIpc) is 3.37. The lowest BCUT2D eigenvalue weighted by Gasteiger charge is -2.32. The Hall–Kier alpha value is -5.11. The number of benzene rings is 3. The minimum Gasteiger partial charge on any atom is -0.493 e. The van der Waals surface area contributed by atoms with E-state index < -0.39 is 5.97 Å². The second kappa shape index (κ2) is 12.4. The molecule has 1 aliphatic heterocycles. The molecular formula is C35H32N2O6. The van der Waals surface area contributed by atoms with Crippen LogP contribution in [0, 0.1) is 12.8 Å². The van der Waals surface area contributed by atoms with Crippen molar-refractivity contribution >= 4 is 28.5 Å². The fraction of sp³-hybridized carbons (Fsp3) is 0.229. The van der Waals surface area contributed by atoms with Crippen molar-refractivity contribution in [1.82, 2.24) is 4.98 Å². The number of carboxylic acid groups (broad SMARTS) is 1. The summed E-state index contributed by atoms with van der Waals surface area (Å²) in [5.41, 5.74) is 2.50. The van der Waals surface area contributed by atoms with Gasteiger partial charge >= 0.3 is 5.97 Å². The van der Waals surface area contributed by atoms with Gasteiger partial charge in [0.05, 0.1) is 12.2 Å². The van der Waals surface area contributed by atoms with Crippen LogP contribution in [0.25, 0.3) is 11.0 Å². The Morgan fingerprint density at radius 3 is 2.47 bits per heavy atom. The maximum atomic E-state index is 13.2. The topological polar surface area (TPSA) is 102 Å². The van der Waals surface area contributed by atoms with E-state index in [1.54, 1.807) is 30.5 Å². The minimum absolute atomic E-state index is 0.0940. The number of ketones is 1. The van der Waals surface area contributed by atoms with Crippen molar-refractivity contribution in [3.05, 3.63) is 114 Å². The highest BCUT2D eigenvalue weighted by Crippen LogP contribution is 2.32. The summed E-state index contributed by atoms with van der Waals surface area (Å²) >= 11 is 0. The fourth-order valence-corrected chi connectivity index (χ4v) is 5.39. The number of nitrogens with zero attached hydrogens (tertiary/aromatic N) is 2. The SMILES string of the molecule is Cc1c(C(=O)Cc2ccc(N3CCC(COc4cccc(C(=O)O)c4)CC3)nc2)oc2ccc(Oc3ccccc3)cc12. The number of hydrogen-bond acceptors (Lipinski definition) is 7. The minimum atomic E-state index is -0.963. The van der Waals surface area contributed by atoms with Crippen LogP contribution in [-0.2, 0) is 6.42 Å². The second-order valence-electron chi connectivity index (χ2n) is 10.8. The molecule has 1 fully saturated rings. The zero-order valence-corrected chi connectivity index (χ0v) is 23.9. The molecule has 218 valence electrons. The van der Waals surface area contributed by atoms with Crippen molar-refractivity contribution in [3.8, 4) is 17.2 Å². The molecule has 0 unspecified atom stereocenters.